The Morgan fingerprint density at radius 3 is 2.38 bits per heavy atom. The SMILES string of the molecule is Cc1cc(C)c(Cn2c(SCC(=O)N(C)c3ccc(F)cc3)nc3ccccc32)c(C)c1. The Balaban J connectivity index is 1.60. The lowest BCUT2D eigenvalue weighted by molar-refractivity contribution is -0.115. The van der Waals surface area contributed by atoms with Crippen molar-refractivity contribution >= 4 is 34.4 Å². The van der Waals surface area contributed by atoms with Gasteiger partial charge in [0, 0.05) is 12.7 Å². The summed E-state index contributed by atoms with van der Waals surface area (Å²) in [6.07, 6.45) is 0. The number of para-hydroxylation sites is 2. The number of benzene rings is 3. The molecule has 0 bridgehead atoms. The van der Waals surface area contributed by atoms with Gasteiger partial charge in [-0.15, -0.1) is 0 Å². The fraction of sp³-hybridized carbons (Fsp3) is 0.231. The summed E-state index contributed by atoms with van der Waals surface area (Å²) in [5.74, 6) is -0.148. The van der Waals surface area contributed by atoms with Gasteiger partial charge in [0.25, 0.3) is 0 Å². The number of carbonyl (C=O) groups is 1. The molecule has 0 aliphatic carbocycles. The van der Waals surface area contributed by atoms with Crippen LogP contribution in [-0.4, -0.2) is 28.3 Å². The number of carbonyl (C=O) groups excluding carboxylic acids is 1. The number of hydrogen-bond donors (Lipinski definition) is 0. The van der Waals surface area contributed by atoms with E-state index in [0.717, 1.165) is 16.2 Å². The Bertz CT molecular complexity index is 1260. The van der Waals surface area contributed by atoms with Crippen LogP contribution < -0.4 is 4.90 Å². The van der Waals surface area contributed by atoms with Crippen molar-refractivity contribution in [3.63, 3.8) is 0 Å². The average molecular weight is 448 g/mol. The van der Waals surface area contributed by atoms with Gasteiger partial charge in [-0.05, 0) is 73.9 Å². The Hall–Kier alpha value is -3.12. The van der Waals surface area contributed by atoms with Crippen molar-refractivity contribution in [2.45, 2.75) is 32.5 Å². The Kier molecular flexibility index (Phi) is 6.33. The maximum absolute atomic E-state index is 13.2. The summed E-state index contributed by atoms with van der Waals surface area (Å²) in [5, 5.41) is 0.812. The number of nitrogens with zero attached hydrogens (tertiary/aromatic N) is 3. The minimum absolute atomic E-state index is 0.0667. The molecule has 0 aliphatic heterocycles. The monoisotopic (exact) mass is 447 g/mol. The van der Waals surface area contributed by atoms with Crippen molar-refractivity contribution in [3.05, 3.63) is 88.7 Å². The highest BCUT2D eigenvalue weighted by Gasteiger charge is 2.17. The molecule has 32 heavy (non-hydrogen) atoms. The van der Waals surface area contributed by atoms with Crippen LogP contribution in [0.1, 0.15) is 22.3 Å². The summed E-state index contributed by atoms with van der Waals surface area (Å²) in [6.45, 7) is 7.09. The molecule has 3 aromatic carbocycles. The molecule has 4 aromatic rings. The third-order valence-electron chi connectivity index (χ3n) is 5.69. The van der Waals surface area contributed by atoms with Gasteiger partial charge in [0.05, 0.1) is 23.3 Å². The van der Waals surface area contributed by atoms with Crippen LogP contribution in [0.4, 0.5) is 10.1 Å². The summed E-state index contributed by atoms with van der Waals surface area (Å²) in [7, 11) is 1.71. The number of fused-ring (bicyclic) bond motifs is 1. The van der Waals surface area contributed by atoms with Gasteiger partial charge < -0.3 is 9.47 Å². The van der Waals surface area contributed by atoms with E-state index in [9.17, 15) is 9.18 Å². The summed E-state index contributed by atoms with van der Waals surface area (Å²) >= 11 is 1.43. The van der Waals surface area contributed by atoms with E-state index in [1.165, 1.54) is 46.1 Å². The molecule has 0 atom stereocenters. The van der Waals surface area contributed by atoms with Gasteiger partial charge in [-0.1, -0.05) is 41.6 Å². The van der Waals surface area contributed by atoms with Crippen LogP contribution in [0.25, 0.3) is 11.0 Å². The first-order chi connectivity index (χ1) is 15.3. The van der Waals surface area contributed by atoms with E-state index in [1.54, 1.807) is 24.1 Å². The van der Waals surface area contributed by atoms with Gasteiger partial charge in [-0.2, -0.15) is 0 Å². The number of aromatic nitrogens is 2. The number of rotatable bonds is 6. The zero-order valence-corrected chi connectivity index (χ0v) is 19.5. The molecular formula is C26H26FN3OS. The van der Waals surface area contributed by atoms with Crippen LogP contribution in [0.3, 0.4) is 0 Å². The first-order valence-electron chi connectivity index (χ1n) is 10.5. The van der Waals surface area contributed by atoms with Gasteiger partial charge in [0.1, 0.15) is 5.82 Å². The van der Waals surface area contributed by atoms with E-state index in [-0.39, 0.29) is 17.5 Å². The largest absolute Gasteiger partial charge is 0.315 e. The molecule has 1 aromatic heterocycles. The van der Waals surface area contributed by atoms with Gasteiger partial charge in [-0.3, -0.25) is 4.79 Å². The van der Waals surface area contributed by atoms with Crippen molar-refractivity contribution in [2.24, 2.45) is 0 Å². The molecule has 4 rings (SSSR count). The Labute approximate surface area is 192 Å². The first-order valence-corrected chi connectivity index (χ1v) is 11.5. The average Bonchev–Trinajstić information content (AvgIpc) is 3.11. The maximum Gasteiger partial charge on any atom is 0.237 e. The Morgan fingerprint density at radius 2 is 1.69 bits per heavy atom. The summed E-state index contributed by atoms with van der Waals surface area (Å²) in [5.41, 5.74) is 7.66. The Morgan fingerprint density at radius 1 is 1.03 bits per heavy atom. The molecule has 0 fully saturated rings. The van der Waals surface area contributed by atoms with Crippen LogP contribution >= 0.6 is 11.8 Å². The highest BCUT2D eigenvalue weighted by atomic mass is 32.2. The van der Waals surface area contributed by atoms with Crippen LogP contribution in [0, 0.1) is 26.6 Å². The molecule has 0 unspecified atom stereocenters. The molecule has 0 radical (unpaired) electrons. The second-order valence-electron chi connectivity index (χ2n) is 8.06. The molecule has 0 saturated heterocycles. The second kappa shape index (κ2) is 9.17. The van der Waals surface area contributed by atoms with Crippen molar-refractivity contribution in [3.8, 4) is 0 Å². The third-order valence-corrected chi connectivity index (χ3v) is 6.65. The summed E-state index contributed by atoms with van der Waals surface area (Å²) < 4.78 is 15.4. The molecule has 4 nitrogen and oxygen atoms in total. The lowest BCUT2D eigenvalue weighted by Crippen LogP contribution is -2.28. The third kappa shape index (κ3) is 4.55. The number of amides is 1. The van der Waals surface area contributed by atoms with Crippen LogP contribution in [0.15, 0.2) is 65.8 Å². The summed E-state index contributed by atoms with van der Waals surface area (Å²) in [6, 6.07) is 18.4. The standard InChI is InChI=1S/C26H26FN3OS/c1-17-13-18(2)22(19(3)14-17)15-30-24-8-6-5-7-23(24)28-26(30)32-16-25(31)29(4)21-11-9-20(27)10-12-21/h5-14H,15-16H2,1-4H3. The molecule has 1 heterocycles. The van der Waals surface area contributed by atoms with Crippen molar-refractivity contribution in [2.75, 3.05) is 17.7 Å². The molecule has 1 amide bonds. The van der Waals surface area contributed by atoms with Gasteiger partial charge >= 0.3 is 0 Å². The van der Waals surface area contributed by atoms with E-state index in [1.807, 2.05) is 18.2 Å². The second-order valence-corrected chi connectivity index (χ2v) is 9.01. The van der Waals surface area contributed by atoms with E-state index in [0.29, 0.717) is 12.2 Å². The normalized spacial score (nSPS) is 11.2. The van der Waals surface area contributed by atoms with Crippen LogP contribution in [0.5, 0.6) is 0 Å². The lowest BCUT2D eigenvalue weighted by Gasteiger charge is -2.18. The maximum atomic E-state index is 13.2. The van der Waals surface area contributed by atoms with Gasteiger partial charge in [-0.25, -0.2) is 9.37 Å². The minimum Gasteiger partial charge on any atom is -0.315 e. The number of thioether (sulfide) groups is 1. The number of imidazole rings is 1. The lowest BCUT2D eigenvalue weighted by atomic mass is 10.00. The summed E-state index contributed by atoms with van der Waals surface area (Å²) in [4.78, 5) is 19.2. The van der Waals surface area contributed by atoms with Crippen molar-refractivity contribution < 1.29 is 9.18 Å². The number of anilines is 1. The van der Waals surface area contributed by atoms with E-state index >= 15 is 0 Å². The van der Waals surface area contributed by atoms with Gasteiger partial charge in [0.2, 0.25) is 5.91 Å². The fourth-order valence-electron chi connectivity index (χ4n) is 3.97. The predicted molar refractivity (Wildman–Crippen MR) is 130 cm³/mol. The van der Waals surface area contributed by atoms with Gasteiger partial charge in [0.15, 0.2) is 5.16 Å². The zero-order chi connectivity index (χ0) is 22.8. The van der Waals surface area contributed by atoms with Crippen LogP contribution in [-0.2, 0) is 11.3 Å². The van der Waals surface area contributed by atoms with E-state index in [2.05, 4.69) is 43.5 Å². The first kappa shape index (κ1) is 22.1. The topological polar surface area (TPSA) is 38.1 Å². The molecule has 0 N–H and O–H groups in total. The molecule has 6 heteroatoms. The van der Waals surface area contributed by atoms with Crippen molar-refractivity contribution in [1.29, 1.82) is 0 Å². The highest BCUT2D eigenvalue weighted by molar-refractivity contribution is 7.99. The van der Waals surface area contributed by atoms with E-state index in [4.69, 9.17) is 4.98 Å². The molecule has 164 valence electrons. The molecule has 0 spiro atoms. The number of hydrogen-bond acceptors (Lipinski definition) is 3. The molecule has 0 saturated carbocycles. The fourth-order valence-corrected chi connectivity index (χ4v) is 4.89. The quantitative estimate of drug-likeness (QED) is 0.345. The number of halogens is 1. The van der Waals surface area contributed by atoms with Crippen molar-refractivity contribution in [1.82, 2.24) is 9.55 Å². The van der Waals surface area contributed by atoms with E-state index < -0.39 is 0 Å². The van der Waals surface area contributed by atoms with Crippen LogP contribution in [0.2, 0.25) is 0 Å². The predicted octanol–water partition coefficient (Wildman–Crippen LogP) is 5.90. The highest BCUT2D eigenvalue weighted by Crippen LogP contribution is 2.28. The smallest absolute Gasteiger partial charge is 0.237 e. The zero-order valence-electron chi connectivity index (χ0n) is 18.7. The molecule has 0 aliphatic rings. The minimum atomic E-state index is -0.320. The number of aryl methyl sites for hydroxylation is 3. The molecular weight excluding hydrogens is 421 g/mol.